The van der Waals surface area contributed by atoms with Crippen molar-refractivity contribution in [3.05, 3.63) is 17.8 Å². The van der Waals surface area contributed by atoms with Crippen LogP contribution in [0.4, 0.5) is 11.5 Å². The SMILES string of the molecule is CCN(CC)C(=O)C(C)Nc1cc(C)c(N)cn1. The van der Waals surface area contributed by atoms with Gasteiger partial charge in [-0.15, -0.1) is 0 Å². The van der Waals surface area contributed by atoms with Gasteiger partial charge in [0.2, 0.25) is 5.91 Å². The van der Waals surface area contributed by atoms with E-state index in [0.717, 1.165) is 18.7 Å². The predicted octanol–water partition coefficient (Wildman–Crippen LogP) is 1.64. The first-order chi connectivity index (χ1) is 8.49. The fraction of sp³-hybridized carbons (Fsp3) is 0.538. The van der Waals surface area contributed by atoms with Crippen LogP contribution in [-0.4, -0.2) is 34.9 Å². The van der Waals surface area contributed by atoms with Crippen LogP contribution in [0.2, 0.25) is 0 Å². The second-order valence-electron chi connectivity index (χ2n) is 4.30. The van der Waals surface area contributed by atoms with Gasteiger partial charge in [-0.25, -0.2) is 4.98 Å². The van der Waals surface area contributed by atoms with Crippen LogP contribution in [0.15, 0.2) is 12.3 Å². The standard InChI is InChI=1S/C13H22N4O/c1-5-17(6-2)13(18)10(4)16-12-7-9(3)11(14)8-15-12/h7-8,10H,5-6,14H2,1-4H3,(H,15,16). The van der Waals surface area contributed by atoms with Crippen LogP contribution < -0.4 is 11.1 Å². The Labute approximate surface area is 108 Å². The number of nitrogens with two attached hydrogens (primary N) is 1. The number of rotatable bonds is 5. The fourth-order valence-electron chi connectivity index (χ4n) is 1.74. The van der Waals surface area contributed by atoms with Gasteiger partial charge in [0.15, 0.2) is 0 Å². The van der Waals surface area contributed by atoms with E-state index < -0.39 is 0 Å². The third kappa shape index (κ3) is 3.35. The van der Waals surface area contributed by atoms with Gasteiger partial charge in [-0.05, 0) is 39.3 Å². The molecule has 0 saturated heterocycles. The molecular weight excluding hydrogens is 228 g/mol. The number of likely N-dealkylation sites (N-methyl/N-ethyl adjacent to an activating group) is 1. The number of nitrogens with zero attached hydrogens (tertiary/aromatic N) is 2. The van der Waals surface area contributed by atoms with Crippen molar-refractivity contribution >= 4 is 17.4 Å². The minimum Gasteiger partial charge on any atom is -0.397 e. The number of aryl methyl sites for hydroxylation is 1. The van der Waals surface area contributed by atoms with Gasteiger partial charge in [-0.3, -0.25) is 4.79 Å². The Kier molecular flexibility index (Phi) is 4.95. The lowest BCUT2D eigenvalue weighted by Crippen LogP contribution is -2.41. The molecule has 100 valence electrons. The van der Waals surface area contributed by atoms with Crippen molar-refractivity contribution in [2.45, 2.75) is 33.7 Å². The summed E-state index contributed by atoms with van der Waals surface area (Å²) in [6, 6.07) is 1.56. The van der Waals surface area contributed by atoms with E-state index in [1.165, 1.54) is 0 Å². The van der Waals surface area contributed by atoms with Gasteiger partial charge in [-0.1, -0.05) is 0 Å². The Bertz CT molecular complexity index is 415. The van der Waals surface area contributed by atoms with Gasteiger partial charge < -0.3 is 16.0 Å². The minimum absolute atomic E-state index is 0.0799. The Morgan fingerprint density at radius 2 is 2.11 bits per heavy atom. The van der Waals surface area contributed by atoms with Crippen LogP contribution in [0.5, 0.6) is 0 Å². The molecule has 0 aliphatic heterocycles. The number of hydrogen-bond donors (Lipinski definition) is 2. The maximum Gasteiger partial charge on any atom is 0.244 e. The molecule has 0 spiro atoms. The Morgan fingerprint density at radius 3 is 2.61 bits per heavy atom. The van der Waals surface area contributed by atoms with E-state index in [2.05, 4.69) is 10.3 Å². The highest BCUT2D eigenvalue weighted by Crippen LogP contribution is 2.14. The van der Waals surface area contributed by atoms with Crippen LogP contribution >= 0.6 is 0 Å². The number of pyridine rings is 1. The predicted molar refractivity (Wildman–Crippen MR) is 74.4 cm³/mol. The van der Waals surface area contributed by atoms with Crippen LogP contribution in [0.25, 0.3) is 0 Å². The first kappa shape index (κ1) is 14.3. The van der Waals surface area contributed by atoms with Crippen LogP contribution in [0, 0.1) is 6.92 Å². The van der Waals surface area contributed by atoms with Crippen molar-refractivity contribution in [3.63, 3.8) is 0 Å². The molecule has 3 N–H and O–H groups in total. The Balaban J connectivity index is 2.71. The van der Waals surface area contributed by atoms with E-state index in [0.29, 0.717) is 11.5 Å². The summed E-state index contributed by atoms with van der Waals surface area (Å²) in [6.07, 6.45) is 1.60. The molecule has 5 heteroatoms. The molecule has 0 bridgehead atoms. The average Bonchev–Trinajstić information content (AvgIpc) is 2.35. The molecule has 0 aromatic carbocycles. The van der Waals surface area contributed by atoms with Crippen LogP contribution in [0.3, 0.4) is 0 Å². The first-order valence-corrected chi connectivity index (χ1v) is 6.27. The summed E-state index contributed by atoms with van der Waals surface area (Å²) < 4.78 is 0. The molecule has 5 nitrogen and oxygen atoms in total. The summed E-state index contributed by atoms with van der Waals surface area (Å²) in [7, 11) is 0. The van der Waals surface area contributed by atoms with Crippen molar-refractivity contribution in [3.8, 4) is 0 Å². The number of amides is 1. The smallest absolute Gasteiger partial charge is 0.244 e. The third-order valence-electron chi connectivity index (χ3n) is 2.96. The van der Waals surface area contributed by atoms with Gasteiger partial charge in [0, 0.05) is 13.1 Å². The second kappa shape index (κ2) is 6.23. The molecule has 0 saturated carbocycles. The quantitative estimate of drug-likeness (QED) is 0.833. The van der Waals surface area contributed by atoms with Crippen molar-refractivity contribution in [1.29, 1.82) is 0 Å². The number of nitrogen functional groups attached to an aromatic ring is 1. The molecule has 1 amide bonds. The molecule has 1 aromatic rings. The maximum atomic E-state index is 12.1. The van der Waals surface area contributed by atoms with Crippen LogP contribution in [0.1, 0.15) is 26.3 Å². The summed E-state index contributed by atoms with van der Waals surface area (Å²) in [4.78, 5) is 18.0. The largest absolute Gasteiger partial charge is 0.397 e. The van der Waals surface area contributed by atoms with E-state index in [9.17, 15) is 4.79 Å². The van der Waals surface area contributed by atoms with Gasteiger partial charge in [0.25, 0.3) is 0 Å². The minimum atomic E-state index is -0.291. The fourth-order valence-corrected chi connectivity index (χ4v) is 1.74. The van der Waals surface area contributed by atoms with Crippen LogP contribution in [-0.2, 0) is 4.79 Å². The number of nitrogens with one attached hydrogen (secondary N) is 1. The van der Waals surface area contributed by atoms with Crippen molar-refractivity contribution in [2.75, 3.05) is 24.1 Å². The zero-order valence-corrected chi connectivity index (χ0v) is 11.5. The topological polar surface area (TPSA) is 71.2 Å². The maximum absolute atomic E-state index is 12.1. The van der Waals surface area contributed by atoms with Crippen molar-refractivity contribution < 1.29 is 4.79 Å². The first-order valence-electron chi connectivity index (χ1n) is 6.27. The van der Waals surface area contributed by atoms with Crippen molar-refractivity contribution in [2.24, 2.45) is 0 Å². The molecular formula is C13H22N4O. The highest BCUT2D eigenvalue weighted by Gasteiger charge is 2.18. The summed E-state index contributed by atoms with van der Waals surface area (Å²) >= 11 is 0. The molecule has 0 radical (unpaired) electrons. The van der Waals surface area contributed by atoms with Gasteiger partial charge in [0.1, 0.15) is 11.9 Å². The summed E-state index contributed by atoms with van der Waals surface area (Å²) in [5.41, 5.74) is 7.31. The molecule has 0 aliphatic carbocycles. The normalized spacial score (nSPS) is 12.0. The highest BCUT2D eigenvalue weighted by atomic mass is 16.2. The molecule has 1 atom stereocenters. The van der Waals surface area contributed by atoms with Gasteiger partial charge in [0.05, 0.1) is 11.9 Å². The molecule has 1 rings (SSSR count). The Hall–Kier alpha value is -1.78. The number of aromatic nitrogens is 1. The molecule has 0 fully saturated rings. The number of anilines is 2. The van der Waals surface area contributed by atoms with E-state index in [4.69, 9.17) is 5.73 Å². The molecule has 1 aromatic heterocycles. The van der Waals surface area contributed by atoms with E-state index >= 15 is 0 Å². The second-order valence-corrected chi connectivity index (χ2v) is 4.30. The van der Waals surface area contributed by atoms with E-state index in [1.54, 1.807) is 11.1 Å². The zero-order valence-electron chi connectivity index (χ0n) is 11.5. The number of hydrogen-bond acceptors (Lipinski definition) is 4. The lowest BCUT2D eigenvalue weighted by Gasteiger charge is -2.23. The molecule has 1 unspecified atom stereocenters. The van der Waals surface area contributed by atoms with E-state index in [1.807, 2.05) is 33.8 Å². The lowest BCUT2D eigenvalue weighted by atomic mass is 10.2. The summed E-state index contributed by atoms with van der Waals surface area (Å²) in [6.45, 7) is 9.14. The molecule has 1 heterocycles. The summed E-state index contributed by atoms with van der Waals surface area (Å²) in [5.74, 6) is 0.756. The summed E-state index contributed by atoms with van der Waals surface area (Å²) in [5, 5.41) is 3.10. The van der Waals surface area contributed by atoms with Gasteiger partial charge in [-0.2, -0.15) is 0 Å². The average molecular weight is 250 g/mol. The number of carbonyl (C=O) groups excluding carboxylic acids is 1. The third-order valence-corrected chi connectivity index (χ3v) is 2.96. The monoisotopic (exact) mass is 250 g/mol. The number of carbonyl (C=O) groups is 1. The lowest BCUT2D eigenvalue weighted by molar-refractivity contribution is -0.131. The van der Waals surface area contributed by atoms with Gasteiger partial charge >= 0.3 is 0 Å². The zero-order chi connectivity index (χ0) is 13.7. The Morgan fingerprint density at radius 1 is 1.50 bits per heavy atom. The highest BCUT2D eigenvalue weighted by molar-refractivity contribution is 5.84. The van der Waals surface area contributed by atoms with Crippen molar-refractivity contribution in [1.82, 2.24) is 9.88 Å². The van der Waals surface area contributed by atoms with E-state index in [-0.39, 0.29) is 11.9 Å². The molecule has 0 aliphatic rings. The molecule has 18 heavy (non-hydrogen) atoms.